The summed E-state index contributed by atoms with van der Waals surface area (Å²) in [6, 6.07) is 12.5. The van der Waals surface area contributed by atoms with E-state index in [-0.39, 0.29) is 5.02 Å². The number of hydrogen-bond donors (Lipinski definition) is 2. The highest BCUT2D eigenvalue weighted by molar-refractivity contribution is 7.80. The Morgan fingerprint density at radius 1 is 1.22 bits per heavy atom. The molecule has 0 aliphatic rings. The SMILES string of the molecule is CCCCN(CC)c1ccc(/C=N\NC(=S)Nc2ccc(F)c(Cl)c2)cc1. The van der Waals surface area contributed by atoms with Crippen LogP contribution >= 0.6 is 23.8 Å². The zero-order valence-electron chi connectivity index (χ0n) is 15.5. The van der Waals surface area contributed by atoms with Crippen molar-refractivity contribution in [3.8, 4) is 0 Å². The molecule has 0 aliphatic heterocycles. The summed E-state index contributed by atoms with van der Waals surface area (Å²) >= 11 is 10.9. The third kappa shape index (κ3) is 6.81. The van der Waals surface area contributed by atoms with Crippen LogP contribution in [0.2, 0.25) is 5.02 Å². The van der Waals surface area contributed by atoms with Crippen LogP contribution in [0.5, 0.6) is 0 Å². The third-order valence-electron chi connectivity index (χ3n) is 3.98. The minimum absolute atomic E-state index is 0.0338. The molecule has 27 heavy (non-hydrogen) atoms. The van der Waals surface area contributed by atoms with Gasteiger partial charge in [-0.1, -0.05) is 37.1 Å². The van der Waals surface area contributed by atoms with Gasteiger partial charge in [-0.2, -0.15) is 5.10 Å². The number of thiocarbonyl (C=S) groups is 1. The van der Waals surface area contributed by atoms with Crippen molar-refractivity contribution in [2.45, 2.75) is 26.7 Å². The van der Waals surface area contributed by atoms with Gasteiger partial charge in [-0.15, -0.1) is 0 Å². The van der Waals surface area contributed by atoms with E-state index >= 15 is 0 Å². The fourth-order valence-electron chi connectivity index (χ4n) is 2.49. The summed E-state index contributed by atoms with van der Waals surface area (Å²) in [7, 11) is 0. The van der Waals surface area contributed by atoms with Crippen molar-refractivity contribution < 1.29 is 4.39 Å². The molecule has 0 spiro atoms. The number of unbranched alkanes of at least 4 members (excludes halogenated alkanes) is 1. The second-order valence-electron chi connectivity index (χ2n) is 5.98. The van der Waals surface area contributed by atoms with Gasteiger partial charge < -0.3 is 10.2 Å². The van der Waals surface area contributed by atoms with Gasteiger partial charge in [-0.25, -0.2) is 4.39 Å². The first kappa shape index (κ1) is 21.1. The maximum Gasteiger partial charge on any atom is 0.191 e. The molecule has 4 nitrogen and oxygen atoms in total. The van der Waals surface area contributed by atoms with Gasteiger partial charge in [0.2, 0.25) is 0 Å². The largest absolute Gasteiger partial charge is 0.372 e. The van der Waals surface area contributed by atoms with Gasteiger partial charge >= 0.3 is 0 Å². The van der Waals surface area contributed by atoms with Crippen LogP contribution in [0.4, 0.5) is 15.8 Å². The second kappa shape index (κ2) is 10.8. The number of nitrogens with zero attached hydrogens (tertiary/aromatic N) is 2. The van der Waals surface area contributed by atoms with Gasteiger partial charge in [0.1, 0.15) is 5.82 Å². The zero-order chi connectivity index (χ0) is 19.6. The molecule has 0 aromatic heterocycles. The minimum Gasteiger partial charge on any atom is -0.372 e. The van der Waals surface area contributed by atoms with Gasteiger partial charge in [-0.05, 0) is 61.5 Å². The predicted octanol–water partition coefficient (Wildman–Crippen LogP) is 5.43. The highest BCUT2D eigenvalue weighted by atomic mass is 35.5. The Morgan fingerprint density at radius 2 is 1.96 bits per heavy atom. The molecule has 0 heterocycles. The molecule has 7 heteroatoms. The van der Waals surface area contributed by atoms with Crippen LogP contribution in [-0.2, 0) is 0 Å². The van der Waals surface area contributed by atoms with E-state index in [2.05, 4.69) is 46.7 Å². The molecule has 0 unspecified atom stereocenters. The molecule has 0 atom stereocenters. The standard InChI is InChI=1S/C20H24ClFN4S/c1-3-5-12-26(4-2)17-9-6-15(7-10-17)14-23-25-20(27)24-16-8-11-19(22)18(21)13-16/h6-11,13-14H,3-5,12H2,1-2H3,(H2,24,25,27)/b23-14-. The van der Waals surface area contributed by atoms with Crippen molar-refractivity contribution in [1.29, 1.82) is 0 Å². The van der Waals surface area contributed by atoms with Crippen molar-refractivity contribution in [3.63, 3.8) is 0 Å². The Bertz CT molecular complexity index is 780. The molecule has 0 radical (unpaired) electrons. The quantitative estimate of drug-likeness (QED) is 0.348. The number of hydrogen-bond acceptors (Lipinski definition) is 3. The summed E-state index contributed by atoms with van der Waals surface area (Å²) in [5.74, 6) is -0.473. The number of rotatable bonds is 8. The Kier molecular flexibility index (Phi) is 8.48. The van der Waals surface area contributed by atoms with E-state index in [4.69, 9.17) is 23.8 Å². The summed E-state index contributed by atoms with van der Waals surface area (Å²) in [6.45, 7) is 6.42. The van der Waals surface area contributed by atoms with E-state index in [1.165, 1.54) is 30.7 Å². The fourth-order valence-corrected chi connectivity index (χ4v) is 2.84. The number of halogens is 2. The van der Waals surface area contributed by atoms with Gasteiger partial charge in [0, 0.05) is 24.5 Å². The van der Waals surface area contributed by atoms with Crippen LogP contribution in [0, 0.1) is 5.82 Å². The molecule has 2 aromatic carbocycles. The smallest absolute Gasteiger partial charge is 0.191 e. The minimum atomic E-state index is -0.473. The second-order valence-corrected chi connectivity index (χ2v) is 6.79. The van der Waals surface area contributed by atoms with E-state index in [0.29, 0.717) is 10.8 Å². The summed E-state index contributed by atoms with van der Waals surface area (Å²) in [6.07, 6.45) is 4.06. The Morgan fingerprint density at radius 3 is 2.59 bits per heavy atom. The van der Waals surface area contributed by atoms with E-state index in [9.17, 15) is 4.39 Å². The van der Waals surface area contributed by atoms with Crippen molar-refractivity contribution in [2.75, 3.05) is 23.3 Å². The highest BCUT2D eigenvalue weighted by Crippen LogP contribution is 2.19. The van der Waals surface area contributed by atoms with Crippen molar-refractivity contribution in [2.24, 2.45) is 5.10 Å². The third-order valence-corrected chi connectivity index (χ3v) is 4.46. The fraction of sp³-hybridized carbons (Fsp3) is 0.300. The number of benzene rings is 2. The number of hydrazone groups is 1. The molecular weight excluding hydrogens is 383 g/mol. The summed E-state index contributed by atoms with van der Waals surface area (Å²) in [4.78, 5) is 2.36. The zero-order valence-corrected chi connectivity index (χ0v) is 17.1. The molecule has 2 rings (SSSR count). The van der Waals surface area contributed by atoms with E-state index in [1.807, 2.05) is 12.1 Å². The molecule has 0 saturated carbocycles. The predicted molar refractivity (Wildman–Crippen MR) is 118 cm³/mol. The van der Waals surface area contributed by atoms with Gasteiger partial charge in [0.15, 0.2) is 5.11 Å². The van der Waals surface area contributed by atoms with Gasteiger partial charge in [0.25, 0.3) is 0 Å². The van der Waals surface area contributed by atoms with Crippen LogP contribution in [0.3, 0.4) is 0 Å². The van der Waals surface area contributed by atoms with Crippen molar-refractivity contribution >= 4 is 46.5 Å². The van der Waals surface area contributed by atoms with E-state index in [0.717, 1.165) is 18.7 Å². The first-order valence-corrected chi connectivity index (χ1v) is 9.72. The van der Waals surface area contributed by atoms with Crippen molar-refractivity contribution in [3.05, 3.63) is 58.9 Å². The molecule has 0 saturated heterocycles. The lowest BCUT2D eigenvalue weighted by molar-refractivity contribution is 0.628. The summed E-state index contributed by atoms with van der Waals surface area (Å²) in [5, 5.41) is 7.35. The van der Waals surface area contributed by atoms with Crippen LogP contribution in [0.15, 0.2) is 47.6 Å². The monoisotopic (exact) mass is 406 g/mol. The first-order valence-electron chi connectivity index (χ1n) is 8.93. The lowest BCUT2D eigenvalue weighted by Gasteiger charge is -2.22. The molecule has 0 amide bonds. The Hall–Kier alpha value is -2.18. The summed E-state index contributed by atoms with van der Waals surface area (Å²) in [5.41, 5.74) is 5.49. The first-order chi connectivity index (χ1) is 13.0. The normalized spacial score (nSPS) is 10.8. The molecule has 0 bridgehead atoms. The molecule has 144 valence electrons. The van der Waals surface area contributed by atoms with Gasteiger partial charge in [-0.3, -0.25) is 5.43 Å². The summed E-state index contributed by atoms with van der Waals surface area (Å²) < 4.78 is 13.2. The van der Waals surface area contributed by atoms with Gasteiger partial charge in [0.05, 0.1) is 11.2 Å². The highest BCUT2D eigenvalue weighted by Gasteiger charge is 2.04. The van der Waals surface area contributed by atoms with Crippen LogP contribution in [0.1, 0.15) is 32.3 Å². The van der Waals surface area contributed by atoms with Crippen LogP contribution in [0.25, 0.3) is 0 Å². The van der Waals surface area contributed by atoms with E-state index in [1.54, 1.807) is 12.3 Å². The number of nitrogens with one attached hydrogen (secondary N) is 2. The molecule has 0 fully saturated rings. The maximum absolute atomic E-state index is 13.2. The Balaban J connectivity index is 1.87. The molecular formula is C20H24ClFN4S. The van der Waals surface area contributed by atoms with Crippen molar-refractivity contribution in [1.82, 2.24) is 5.43 Å². The average molecular weight is 407 g/mol. The molecule has 2 N–H and O–H groups in total. The topological polar surface area (TPSA) is 39.7 Å². The lowest BCUT2D eigenvalue weighted by atomic mass is 10.2. The van der Waals surface area contributed by atoms with Crippen LogP contribution in [-0.4, -0.2) is 24.4 Å². The average Bonchev–Trinajstić information content (AvgIpc) is 2.66. The Labute approximate surface area is 170 Å². The van der Waals surface area contributed by atoms with E-state index < -0.39 is 5.82 Å². The molecule has 2 aromatic rings. The maximum atomic E-state index is 13.2. The molecule has 0 aliphatic carbocycles. The lowest BCUT2D eigenvalue weighted by Crippen LogP contribution is -2.24. The van der Waals surface area contributed by atoms with Crippen LogP contribution < -0.4 is 15.6 Å². The number of anilines is 2.